The van der Waals surface area contributed by atoms with Crippen LogP contribution in [0.25, 0.3) is 16.5 Å². The molecule has 0 N–H and O–H groups in total. The minimum absolute atomic E-state index is 0.451. The molecule has 0 aliphatic carbocycles. The van der Waals surface area contributed by atoms with Crippen molar-refractivity contribution >= 4 is 21.6 Å². The maximum atomic E-state index is 12.7. The Morgan fingerprint density at radius 1 is 0.917 bits per heavy atom. The van der Waals surface area contributed by atoms with Crippen LogP contribution in [0.3, 0.4) is 0 Å². The third-order valence-electron chi connectivity index (χ3n) is 3.91. The standard InChI is InChI=1S/C19H15N3OS/c1-14-9-11-16(12-10-14)24(23)19-13-22(21-20-19)18-8-4-6-15-5-2-3-7-17(15)18/h2-13H,1H3. The normalized spacial score (nSPS) is 12.4. The fraction of sp³-hybridized carbons (Fsp3) is 0.0526. The summed E-state index contributed by atoms with van der Waals surface area (Å²) in [5, 5.41) is 10.9. The zero-order valence-electron chi connectivity index (χ0n) is 13.1. The molecule has 5 heteroatoms. The van der Waals surface area contributed by atoms with Crippen LogP contribution < -0.4 is 0 Å². The molecule has 4 nitrogen and oxygen atoms in total. The van der Waals surface area contributed by atoms with Crippen molar-refractivity contribution in [3.05, 3.63) is 78.5 Å². The van der Waals surface area contributed by atoms with Gasteiger partial charge in [0.15, 0.2) is 5.03 Å². The molecule has 4 rings (SSSR count). The van der Waals surface area contributed by atoms with Crippen molar-refractivity contribution in [3.63, 3.8) is 0 Å². The molecule has 0 spiro atoms. The minimum atomic E-state index is -1.34. The van der Waals surface area contributed by atoms with E-state index >= 15 is 0 Å². The molecule has 0 saturated carbocycles. The van der Waals surface area contributed by atoms with Crippen molar-refractivity contribution in [3.8, 4) is 5.69 Å². The number of rotatable bonds is 3. The van der Waals surface area contributed by atoms with E-state index in [9.17, 15) is 4.21 Å². The van der Waals surface area contributed by atoms with Crippen molar-refractivity contribution in [2.75, 3.05) is 0 Å². The molecule has 3 aromatic carbocycles. The Morgan fingerprint density at radius 2 is 1.67 bits per heavy atom. The summed E-state index contributed by atoms with van der Waals surface area (Å²) < 4.78 is 14.3. The van der Waals surface area contributed by atoms with Crippen LogP contribution in [0.1, 0.15) is 5.56 Å². The quantitative estimate of drug-likeness (QED) is 0.571. The average molecular weight is 333 g/mol. The summed E-state index contributed by atoms with van der Waals surface area (Å²) in [7, 11) is -1.34. The number of hydrogen-bond donors (Lipinski definition) is 0. The molecule has 0 fully saturated rings. The van der Waals surface area contributed by atoms with Gasteiger partial charge >= 0.3 is 0 Å². The Hall–Kier alpha value is -2.79. The highest BCUT2D eigenvalue weighted by Crippen LogP contribution is 2.22. The number of nitrogens with zero attached hydrogens (tertiary/aromatic N) is 3. The van der Waals surface area contributed by atoms with E-state index in [2.05, 4.69) is 22.4 Å². The Balaban J connectivity index is 1.74. The zero-order valence-corrected chi connectivity index (χ0v) is 13.9. The van der Waals surface area contributed by atoms with Gasteiger partial charge in [0.05, 0.1) is 11.9 Å². The van der Waals surface area contributed by atoms with E-state index in [0.29, 0.717) is 5.03 Å². The maximum Gasteiger partial charge on any atom is 0.174 e. The van der Waals surface area contributed by atoms with E-state index in [1.54, 1.807) is 10.9 Å². The van der Waals surface area contributed by atoms with Crippen LogP contribution in [0, 0.1) is 6.92 Å². The van der Waals surface area contributed by atoms with Gasteiger partial charge < -0.3 is 0 Å². The summed E-state index contributed by atoms with van der Waals surface area (Å²) in [5.41, 5.74) is 2.06. The van der Waals surface area contributed by atoms with E-state index in [-0.39, 0.29) is 0 Å². The Bertz CT molecular complexity index is 1030. The van der Waals surface area contributed by atoms with Crippen molar-refractivity contribution in [2.24, 2.45) is 0 Å². The predicted octanol–water partition coefficient (Wildman–Crippen LogP) is 3.90. The molecule has 0 radical (unpaired) electrons. The molecule has 0 aliphatic rings. The van der Waals surface area contributed by atoms with Crippen LogP contribution in [-0.4, -0.2) is 19.2 Å². The molecule has 24 heavy (non-hydrogen) atoms. The van der Waals surface area contributed by atoms with Gasteiger partial charge in [0.1, 0.15) is 10.8 Å². The summed E-state index contributed by atoms with van der Waals surface area (Å²) in [6.45, 7) is 2.00. The van der Waals surface area contributed by atoms with Gasteiger partial charge in [-0.05, 0) is 30.5 Å². The lowest BCUT2D eigenvalue weighted by molar-refractivity contribution is 0.679. The van der Waals surface area contributed by atoms with Crippen molar-refractivity contribution in [2.45, 2.75) is 16.8 Å². The molecule has 118 valence electrons. The molecule has 1 unspecified atom stereocenters. The van der Waals surface area contributed by atoms with E-state index in [0.717, 1.165) is 26.9 Å². The largest absolute Gasteiger partial charge is 0.247 e. The van der Waals surface area contributed by atoms with E-state index < -0.39 is 10.8 Å². The molecule has 1 atom stereocenters. The monoisotopic (exact) mass is 333 g/mol. The first-order chi connectivity index (χ1) is 11.7. The molecular formula is C19H15N3OS. The second kappa shape index (κ2) is 6.02. The third kappa shape index (κ3) is 2.63. The van der Waals surface area contributed by atoms with Gasteiger partial charge in [-0.25, -0.2) is 8.89 Å². The smallest absolute Gasteiger partial charge is 0.174 e. The fourth-order valence-corrected chi connectivity index (χ4v) is 3.57. The second-order valence-electron chi connectivity index (χ2n) is 5.58. The van der Waals surface area contributed by atoms with Gasteiger partial charge in [0, 0.05) is 10.3 Å². The van der Waals surface area contributed by atoms with Crippen LogP contribution in [-0.2, 0) is 10.8 Å². The summed E-state index contributed by atoms with van der Waals surface area (Å²) in [6, 6.07) is 21.7. The molecule has 4 aromatic rings. The maximum absolute atomic E-state index is 12.7. The molecule has 0 amide bonds. The minimum Gasteiger partial charge on any atom is -0.247 e. The number of benzene rings is 3. The summed E-state index contributed by atoms with van der Waals surface area (Å²) in [4.78, 5) is 0.727. The Labute approximate surface area is 142 Å². The van der Waals surface area contributed by atoms with Crippen LogP contribution in [0.2, 0.25) is 0 Å². The van der Waals surface area contributed by atoms with Crippen molar-refractivity contribution in [1.82, 2.24) is 15.0 Å². The molecule has 1 aromatic heterocycles. The topological polar surface area (TPSA) is 47.8 Å². The average Bonchev–Trinajstić information content (AvgIpc) is 3.11. The number of hydrogen-bond acceptors (Lipinski definition) is 3. The first-order valence-electron chi connectivity index (χ1n) is 7.61. The molecule has 1 heterocycles. The Kier molecular flexibility index (Phi) is 3.70. The third-order valence-corrected chi connectivity index (χ3v) is 5.18. The highest BCUT2D eigenvalue weighted by Gasteiger charge is 2.13. The lowest BCUT2D eigenvalue weighted by atomic mass is 10.1. The first-order valence-corrected chi connectivity index (χ1v) is 8.76. The molecular weight excluding hydrogens is 318 g/mol. The van der Waals surface area contributed by atoms with Crippen molar-refractivity contribution < 1.29 is 4.21 Å². The summed E-state index contributed by atoms with van der Waals surface area (Å²) >= 11 is 0. The van der Waals surface area contributed by atoms with Gasteiger partial charge in [-0.15, -0.1) is 5.10 Å². The van der Waals surface area contributed by atoms with Crippen LogP contribution in [0.15, 0.2) is 82.8 Å². The number of fused-ring (bicyclic) bond motifs is 1. The van der Waals surface area contributed by atoms with Gasteiger partial charge in [-0.3, -0.25) is 0 Å². The van der Waals surface area contributed by atoms with Gasteiger partial charge in [0.2, 0.25) is 0 Å². The number of aromatic nitrogens is 3. The molecule has 0 bridgehead atoms. The lowest BCUT2D eigenvalue weighted by Crippen LogP contribution is -1.96. The number of aryl methyl sites for hydroxylation is 1. The van der Waals surface area contributed by atoms with Gasteiger partial charge in [-0.2, -0.15) is 0 Å². The predicted molar refractivity (Wildman–Crippen MR) is 94.7 cm³/mol. The zero-order chi connectivity index (χ0) is 16.5. The Morgan fingerprint density at radius 3 is 2.50 bits per heavy atom. The summed E-state index contributed by atoms with van der Waals surface area (Å²) in [6.07, 6.45) is 1.73. The van der Waals surface area contributed by atoms with E-state index in [1.807, 2.05) is 61.5 Å². The van der Waals surface area contributed by atoms with Gasteiger partial charge in [-0.1, -0.05) is 59.3 Å². The van der Waals surface area contributed by atoms with Crippen LogP contribution >= 0.6 is 0 Å². The first kappa shape index (κ1) is 14.8. The van der Waals surface area contributed by atoms with E-state index in [4.69, 9.17) is 0 Å². The van der Waals surface area contributed by atoms with Crippen molar-refractivity contribution in [1.29, 1.82) is 0 Å². The summed E-state index contributed by atoms with van der Waals surface area (Å²) in [5.74, 6) is 0. The highest BCUT2D eigenvalue weighted by molar-refractivity contribution is 7.85. The van der Waals surface area contributed by atoms with Gasteiger partial charge in [0.25, 0.3) is 0 Å². The molecule has 0 aliphatic heterocycles. The van der Waals surface area contributed by atoms with Crippen LogP contribution in [0.4, 0.5) is 0 Å². The molecule has 0 saturated heterocycles. The fourth-order valence-electron chi connectivity index (χ4n) is 2.64. The lowest BCUT2D eigenvalue weighted by Gasteiger charge is -2.05. The highest BCUT2D eigenvalue weighted by atomic mass is 32.2. The van der Waals surface area contributed by atoms with E-state index in [1.165, 1.54) is 0 Å². The second-order valence-corrected chi connectivity index (χ2v) is 7.01. The van der Waals surface area contributed by atoms with Crippen LogP contribution in [0.5, 0.6) is 0 Å². The SMILES string of the molecule is Cc1ccc(S(=O)c2cn(-c3cccc4ccccc34)nn2)cc1.